The normalized spacial score (nSPS) is 18.7. The summed E-state index contributed by atoms with van der Waals surface area (Å²) in [6.07, 6.45) is 2.30. The average Bonchev–Trinajstić information content (AvgIpc) is 3.11. The summed E-state index contributed by atoms with van der Waals surface area (Å²) in [5, 5.41) is 12.6. The van der Waals surface area contributed by atoms with Crippen LogP contribution in [0.25, 0.3) is 0 Å². The molecule has 2 aromatic carbocycles. The quantitative estimate of drug-likeness (QED) is 0.858. The van der Waals surface area contributed by atoms with Gasteiger partial charge in [0.25, 0.3) is 0 Å². The molecule has 0 radical (unpaired) electrons. The first kappa shape index (κ1) is 15.7. The fraction of sp³-hybridized carbons (Fsp3) is 0.316. The van der Waals surface area contributed by atoms with Crippen LogP contribution in [0.1, 0.15) is 40.4 Å². The highest BCUT2D eigenvalue weighted by molar-refractivity contribution is 5.87. The number of carboxylic acids is 1. The monoisotopic (exact) mass is 311 g/mol. The standard InChI is InChI=1S/C19H21NO3/c21-19(22)16-9-4-6-14(12-16)13-20-18(17-10-5-11-23-17)15-7-2-1-3-8-15/h1-4,6-9,12,17-18,20H,5,10-11,13H2,(H,21,22). The van der Waals surface area contributed by atoms with E-state index in [0.717, 1.165) is 25.0 Å². The summed E-state index contributed by atoms with van der Waals surface area (Å²) in [5.41, 5.74) is 2.48. The largest absolute Gasteiger partial charge is 0.478 e. The first-order valence-electron chi connectivity index (χ1n) is 7.96. The molecule has 1 aliphatic rings. The average molecular weight is 311 g/mol. The number of aromatic carboxylic acids is 1. The van der Waals surface area contributed by atoms with Gasteiger partial charge in [-0.05, 0) is 36.1 Å². The number of hydrogen-bond donors (Lipinski definition) is 2. The summed E-state index contributed by atoms with van der Waals surface area (Å²) in [6, 6.07) is 17.4. The maximum Gasteiger partial charge on any atom is 0.335 e. The molecule has 1 fully saturated rings. The zero-order valence-electron chi connectivity index (χ0n) is 12.9. The molecule has 0 aromatic heterocycles. The van der Waals surface area contributed by atoms with E-state index >= 15 is 0 Å². The molecule has 1 heterocycles. The van der Waals surface area contributed by atoms with Crippen LogP contribution in [-0.2, 0) is 11.3 Å². The van der Waals surface area contributed by atoms with Crippen molar-refractivity contribution in [3.63, 3.8) is 0 Å². The zero-order valence-corrected chi connectivity index (χ0v) is 12.9. The first-order valence-corrected chi connectivity index (χ1v) is 7.96. The van der Waals surface area contributed by atoms with Gasteiger partial charge in [0.1, 0.15) is 0 Å². The van der Waals surface area contributed by atoms with Crippen LogP contribution in [-0.4, -0.2) is 23.8 Å². The summed E-state index contributed by atoms with van der Waals surface area (Å²) in [4.78, 5) is 11.1. The van der Waals surface area contributed by atoms with Crippen LogP contribution >= 0.6 is 0 Å². The lowest BCUT2D eigenvalue weighted by molar-refractivity contribution is 0.0696. The topological polar surface area (TPSA) is 58.6 Å². The maximum atomic E-state index is 11.1. The lowest BCUT2D eigenvalue weighted by atomic mass is 9.99. The van der Waals surface area contributed by atoms with E-state index in [1.54, 1.807) is 18.2 Å². The third kappa shape index (κ3) is 3.97. The van der Waals surface area contributed by atoms with E-state index < -0.39 is 5.97 Å². The molecule has 0 amide bonds. The number of nitrogens with one attached hydrogen (secondary N) is 1. The van der Waals surface area contributed by atoms with Crippen LogP contribution in [0.15, 0.2) is 54.6 Å². The van der Waals surface area contributed by atoms with Crippen molar-refractivity contribution in [2.75, 3.05) is 6.61 Å². The van der Waals surface area contributed by atoms with Crippen LogP contribution in [0.3, 0.4) is 0 Å². The minimum absolute atomic E-state index is 0.118. The van der Waals surface area contributed by atoms with E-state index in [4.69, 9.17) is 9.84 Å². The van der Waals surface area contributed by atoms with Crippen molar-refractivity contribution < 1.29 is 14.6 Å². The molecule has 2 atom stereocenters. The number of carbonyl (C=O) groups is 1. The molecule has 2 N–H and O–H groups in total. The number of hydrogen-bond acceptors (Lipinski definition) is 3. The smallest absolute Gasteiger partial charge is 0.335 e. The van der Waals surface area contributed by atoms with E-state index in [1.165, 1.54) is 5.56 Å². The van der Waals surface area contributed by atoms with Gasteiger partial charge in [-0.1, -0.05) is 42.5 Å². The van der Waals surface area contributed by atoms with Gasteiger partial charge in [0, 0.05) is 13.2 Å². The Labute approximate surface area is 136 Å². The van der Waals surface area contributed by atoms with Crippen molar-refractivity contribution in [1.82, 2.24) is 5.32 Å². The third-order valence-electron chi connectivity index (χ3n) is 4.20. The van der Waals surface area contributed by atoms with Gasteiger partial charge in [0.05, 0.1) is 17.7 Å². The van der Waals surface area contributed by atoms with Gasteiger partial charge in [0.2, 0.25) is 0 Å². The third-order valence-corrected chi connectivity index (χ3v) is 4.20. The van der Waals surface area contributed by atoms with Crippen LogP contribution in [0.5, 0.6) is 0 Å². The van der Waals surface area contributed by atoms with Gasteiger partial charge < -0.3 is 15.2 Å². The van der Waals surface area contributed by atoms with Crippen LogP contribution < -0.4 is 5.32 Å². The molecule has 0 spiro atoms. The number of rotatable bonds is 6. The Balaban J connectivity index is 1.74. The van der Waals surface area contributed by atoms with E-state index in [1.807, 2.05) is 24.3 Å². The molecule has 0 saturated carbocycles. The molecule has 23 heavy (non-hydrogen) atoms. The Bertz CT molecular complexity index is 651. The second-order valence-corrected chi connectivity index (χ2v) is 5.83. The molecular weight excluding hydrogens is 290 g/mol. The number of ether oxygens (including phenoxy) is 1. The van der Waals surface area contributed by atoms with Crippen LogP contribution in [0.2, 0.25) is 0 Å². The minimum Gasteiger partial charge on any atom is -0.478 e. The Morgan fingerprint density at radius 3 is 2.74 bits per heavy atom. The Hall–Kier alpha value is -2.17. The molecule has 2 aromatic rings. The molecule has 4 heteroatoms. The predicted octanol–water partition coefficient (Wildman–Crippen LogP) is 3.39. The second-order valence-electron chi connectivity index (χ2n) is 5.83. The van der Waals surface area contributed by atoms with E-state index in [2.05, 4.69) is 17.4 Å². The van der Waals surface area contributed by atoms with Crippen molar-refractivity contribution in [1.29, 1.82) is 0 Å². The van der Waals surface area contributed by atoms with Crippen molar-refractivity contribution >= 4 is 5.97 Å². The Kier molecular flexibility index (Phi) is 5.05. The molecule has 1 aliphatic heterocycles. The van der Waals surface area contributed by atoms with Gasteiger partial charge in [-0.25, -0.2) is 4.79 Å². The Morgan fingerprint density at radius 1 is 1.22 bits per heavy atom. The molecule has 4 nitrogen and oxygen atoms in total. The van der Waals surface area contributed by atoms with Crippen molar-refractivity contribution in [3.05, 3.63) is 71.3 Å². The molecular formula is C19H21NO3. The Morgan fingerprint density at radius 2 is 2.04 bits per heavy atom. The molecule has 3 rings (SSSR count). The van der Waals surface area contributed by atoms with E-state index in [-0.39, 0.29) is 12.1 Å². The summed E-state index contributed by atoms with van der Waals surface area (Å²) >= 11 is 0. The highest BCUT2D eigenvalue weighted by Crippen LogP contribution is 2.27. The van der Waals surface area contributed by atoms with Crippen LogP contribution in [0, 0.1) is 0 Å². The van der Waals surface area contributed by atoms with Gasteiger partial charge in [0.15, 0.2) is 0 Å². The summed E-state index contributed by atoms with van der Waals surface area (Å²) < 4.78 is 5.86. The molecule has 0 aliphatic carbocycles. The van der Waals surface area contributed by atoms with Crippen molar-refractivity contribution in [3.8, 4) is 0 Å². The zero-order chi connectivity index (χ0) is 16.1. The van der Waals surface area contributed by atoms with E-state index in [0.29, 0.717) is 12.1 Å². The van der Waals surface area contributed by atoms with Gasteiger partial charge in [-0.3, -0.25) is 0 Å². The number of benzene rings is 2. The SMILES string of the molecule is O=C(O)c1cccc(CNC(c2ccccc2)C2CCCO2)c1. The maximum absolute atomic E-state index is 11.1. The van der Waals surface area contributed by atoms with Gasteiger partial charge in [-0.15, -0.1) is 0 Å². The molecule has 2 unspecified atom stereocenters. The highest BCUT2D eigenvalue weighted by atomic mass is 16.5. The molecule has 120 valence electrons. The van der Waals surface area contributed by atoms with Crippen molar-refractivity contribution in [2.45, 2.75) is 31.5 Å². The summed E-state index contributed by atoms with van der Waals surface area (Å²) in [6.45, 7) is 1.42. The molecule has 0 bridgehead atoms. The second kappa shape index (κ2) is 7.40. The van der Waals surface area contributed by atoms with E-state index in [9.17, 15) is 4.79 Å². The van der Waals surface area contributed by atoms with Gasteiger partial charge >= 0.3 is 5.97 Å². The lowest BCUT2D eigenvalue weighted by Crippen LogP contribution is -2.31. The van der Waals surface area contributed by atoms with Crippen LogP contribution in [0.4, 0.5) is 0 Å². The first-order chi connectivity index (χ1) is 11.2. The fourth-order valence-electron chi connectivity index (χ4n) is 3.03. The lowest BCUT2D eigenvalue weighted by Gasteiger charge is -2.25. The van der Waals surface area contributed by atoms with Crippen molar-refractivity contribution in [2.24, 2.45) is 0 Å². The van der Waals surface area contributed by atoms with Gasteiger partial charge in [-0.2, -0.15) is 0 Å². The number of carboxylic acid groups (broad SMARTS) is 1. The summed E-state index contributed by atoms with van der Waals surface area (Å²) in [7, 11) is 0. The highest BCUT2D eigenvalue weighted by Gasteiger charge is 2.26. The predicted molar refractivity (Wildman–Crippen MR) is 88.4 cm³/mol. The minimum atomic E-state index is -0.898. The summed E-state index contributed by atoms with van der Waals surface area (Å²) in [5.74, 6) is -0.898. The molecule has 1 saturated heterocycles. The fourth-order valence-corrected chi connectivity index (χ4v) is 3.03.